The van der Waals surface area contributed by atoms with Crippen LogP contribution in [0.25, 0.3) is 0 Å². The number of rotatable bonds is 6. The molecule has 1 saturated carbocycles. The van der Waals surface area contributed by atoms with Gasteiger partial charge in [-0.2, -0.15) is 4.31 Å². The highest BCUT2D eigenvalue weighted by molar-refractivity contribution is 7.89. The summed E-state index contributed by atoms with van der Waals surface area (Å²) in [4.78, 5) is 0.747. The molecular weight excluding hydrogens is 280 g/mol. The van der Waals surface area contributed by atoms with Gasteiger partial charge in [0.15, 0.2) is 0 Å². The first-order valence-electron chi connectivity index (χ1n) is 6.34. The van der Waals surface area contributed by atoms with Gasteiger partial charge in [0.1, 0.15) is 0 Å². The van der Waals surface area contributed by atoms with Crippen LogP contribution in [0.4, 0.5) is 0 Å². The summed E-state index contributed by atoms with van der Waals surface area (Å²) in [6.45, 7) is 2.39. The number of nitrogens with two attached hydrogens (primary N) is 1. The van der Waals surface area contributed by atoms with Crippen LogP contribution in [0.15, 0.2) is 29.2 Å². The summed E-state index contributed by atoms with van der Waals surface area (Å²) >= 11 is 4.84. The average molecular weight is 298 g/mol. The molecule has 0 bridgehead atoms. The highest BCUT2D eigenvalue weighted by Crippen LogP contribution is 2.31. The van der Waals surface area contributed by atoms with Gasteiger partial charge in [0.05, 0.1) is 9.88 Å². The van der Waals surface area contributed by atoms with Gasteiger partial charge in [0.2, 0.25) is 10.0 Å². The minimum absolute atomic E-state index is 0.186. The van der Waals surface area contributed by atoms with Crippen molar-refractivity contribution in [3.8, 4) is 0 Å². The highest BCUT2D eigenvalue weighted by Gasteiger charge is 2.36. The van der Waals surface area contributed by atoms with E-state index in [1.54, 1.807) is 28.6 Å². The van der Waals surface area contributed by atoms with Crippen LogP contribution in [0.2, 0.25) is 0 Å². The zero-order valence-electron chi connectivity index (χ0n) is 10.9. The SMILES string of the molecule is CCN(C1CC1)S(=O)(=O)c1ccc(CC(N)=S)cc1. The molecule has 4 nitrogen and oxygen atoms in total. The summed E-state index contributed by atoms with van der Waals surface area (Å²) in [7, 11) is -3.36. The van der Waals surface area contributed by atoms with Gasteiger partial charge in [-0.25, -0.2) is 8.42 Å². The molecule has 1 aromatic rings. The van der Waals surface area contributed by atoms with Gasteiger partial charge in [0, 0.05) is 19.0 Å². The van der Waals surface area contributed by atoms with Crippen molar-refractivity contribution in [3.63, 3.8) is 0 Å². The second kappa shape index (κ2) is 5.56. The summed E-state index contributed by atoms with van der Waals surface area (Å²) in [5, 5.41) is 0. The molecule has 1 aliphatic rings. The molecule has 1 aromatic carbocycles. The molecule has 19 heavy (non-hydrogen) atoms. The van der Waals surface area contributed by atoms with E-state index in [0.29, 0.717) is 22.8 Å². The lowest BCUT2D eigenvalue weighted by Crippen LogP contribution is -2.32. The van der Waals surface area contributed by atoms with Crippen molar-refractivity contribution in [2.75, 3.05) is 6.54 Å². The van der Waals surface area contributed by atoms with Crippen molar-refractivity contribution < 1.29 is 8.42 Å². The van der Waals surface area contributed by atoms with Gasteiger partial charge >= 0.3 is 0 Å². The van der Waals surface area contributed by atoms with E-state index in [1.165, 1.54) is 0 Å². The van der Waals surface area contributed by atoms with Crippen LogP contribution in [-0.2, 0) is 16.4 Å². The van der Waals surface area contributed by atoms with Crippen LogP contribution in [0.1, 0.15) is 25.3 Å². The van der Waals surface area contributed by atoms with Gasteiger partial charge < -0.3 is 5.73 Å². The highest BCUT2D eigenvalue weighted by atomic mass is 32.2. The van der Waals surface area contributed by atoms with Gasteiger partial charge in [-0.3, -0.25) is 0 Å². The van der Waals surface area contributed by atoms with Gasteiger partial charge in [-0.1, -0.05) is 31.3 Å². The van der Waals surface area contributed by atoms with E-state index in [4.69, 9.17) is 18.0 Å². The first kappa shape index (κ1) is 14.4. The second-order valence-electron chi connectivity index (χ2n) is 4.73. The van der Waals surface area contributed by atoms with E-state index in [0.717, 1.165) is 18.4 Å². The van der Waals surface area contributed by atoms with Crippen LogP contribution in [0.3, 0.4) is 0 Å². The first-order valence-corrected chi connectivity index (χ1v) is 8.19. The van der Waals surface area contributed by atoms with Gasteiger partial charge in [0.25, 0.3) is 0 Å². The zero-order chi connectivity index (χ0) is 14.0. The lowest BCUT2D eigenvalue weighted by Gasteiger charge is -2.20. The van der Waals surface area contributed by atoms with E-state index in [9.17, 15) is 8.42 Å². The Kier molecular flexibility index (Phi) is 4.23. The average Bonchev–Trinajstić information content (AvgIpc) is 3.14. The quantitative estimate of drug-likeness (QED) is 0.812. The maximum Gasteiger partial charge on any atom is 0.243 e. The summed E-state index contributed by atoms with van der Waals surface area (Å²) in [6.07, 6.45) is 2.43. The van der Waals surface area contributed by atoms with E-state index in [2.05, 4.69) is 0 Å². The van der Waals surface area contributed by atoms with Crippen LogP contribution in [0.5, 0.6) is 0 Å². The number of benzene rings is 1. The number of hydrogen-bond donors (Lipinski definition) is 1. The van der Waals surface area contributed by atoms with Gasteiger partial charge in [-0.15, -0.1) is 0 Å². The summed E-state index contributed by atoms with van der Waals surface area (Å²) in [5.41, 5.74) is 6.40. The Morgan fingerprint density at radius 2 is 1.95 bits per heavy atom. The number of sulfonamides is 1. The molecule has 2 N–H and O–H groups in total. The molecule has 6 heteroatoms. The zero-order valence-corrected chi connectivity index (χ0v) is 12.5. The summed E-state index contributed by atoms with van der Waals surface area (Å²) in [5.74, 6) is 0. The Labute approximate surface area is 119 Å². The Bertz CT molecular complexity index is 563. The molecule has 0 unspecified atom stereocenters. The molecule has 0 heterocycles. The predicted octanol–water partition coefficient (Wildman–Crippen LogP) is 1.69. The molecule has 0 spiro atoms. The van der Waals surface area contributed by atoms with Gasteiger partial charge in [-0.05, 0) is 30.5 Å². The number of nitrogens with zero attached hydrogens (tertiary/aromatic N) is 1. The first-order chi connectivity index (χ1) is 8.95. The maximum absolute atomic E-state index is 12.5. The largest absolute Gasteiger partial charge is 0.393 e. The maximum atomic E-state index is 12.5. The minimum Gasteiger partial charge on any atom is -0.393 e. The Morgan fingerprint density at radius 3 is 2.37 bits per heavy atom. The normalized spacial score (nSPS) is 15.7. The summed E-state index contributed by atoms with van der Waals surface area (Å²) in [6, 6.07) is 6.99. The van der Waals surface area contributed by atoms with E-state index < -0.39 is 10.0 Å². The smallest absolute Gasteiger partial charge is 0.243 e. The van der Waals surface area contributed by atoms with Crippen LogP contribution in [0, 0.1) is 0 Å². The molecule has 0 aliphatic heterocycles. The molecule has 0 aromatic heterocycles. The fourth-order valence-electron chi connectivity index (χ4n) is 2.10. The van der Waals surface area contributed by atoms with Crippen molar-refractivity contribution in [1.29, 1.82) is 0 Å². The third-order valence-corrected chi connectivity index (χ3v) is 5.36. The van der Waals surface area contributed by atoms with Crippen molar-refractivity contribution in [3.05, 3.63) is 29.8 Å². The third kappa shape index (κ3) is 3.32. The van der Waals surface area contributed by atoms with Crippen LogP contribution in [-0.4, -0.2) is 30.3 Å². The third-order valence-electron chi connectivity index (χ3n) is 3.17. The lowest BCUT2D eigenvalue weighted by atomic mass is 10.1. The predicted molar refractivity (Wildman–Crippen MR) is 79.5 cm³/mol. The Balaban J connectivity index is 2.22. The van der Waals surface area contributed by atoms with Crippen molar-refractivity contribution in [1.82, 2.24) is 4.31 Å². The van der Waals surface area contributed by atoms with Crippen LogP contribution < -0.4 is 5.73 Å². The summed E-state index contributed by atoms with van der Waals surface area (Å²) < 4.78 is 26.5. The topological polar surface area (TPSA) is 63.4 Å². The molecule has 0 radical (unpaired) electrons. The van der Waals surface area contributed by atoms with Crippen LogP contribution >= 0.6 is 12.2 Å². The molecule has 1 fully saturated rings. The molecule has 1 aliphatic carbocycles. The Morgan fingerprint density at radius 1 is 1.37 bits per heavy atom. The van der Waals surface area contributed by atoms with Crippen molar-refractivity contribution >= 4 is 27.2 Å². The fourth-order valence-corrected chi connectivity index (χ4v) is 3.96. The fraction of sp³-hybridized carbons (Fsp3) is 0.462. The Hall–Kier alpha value is -0.980. The minimum atomic E-state index is -3.36. The van der Waals surface area contributed by atoms with E-state index in [1.807, 2.05) is 6.92 Å². The number of hydrogen-bond acceptors (Lipinski definition) is 3. The molecular formula is C13H18N2O2S2. The number of thiocarbonyl (C=S) groups is 1. The molecule has 0 amide bonds. The van der Waals surface area contributed by atoms with E-state index in [-0.39, 0.29) is 6.04 Å². The molecule has 0 atom stereocenters. The molecule has 0 saturated heterocycles. The van der Waals surface area contributed by atoms with Crippen molar-refractivity contribution in [2.45, 2.75) is 37.1 Å². The standard InChI is InChI=1S/C13H18N2O2S2/c1-2-15(11-5-6-11)19(16,17)12-7-3-10(4-8-12)9-13(14)18/h3-4,7-8,11H,2,5-6,9H2,1H3,(H2,14,18). The second-order valence-corrected chi connectivity index (χ2v) is 7.14. The monoisotopic (exact) mass is 298 g/mol. The molecule has 104 valence electrons. The van der Waals surface area contributed by atoms with Crippen molar-refractivity contribution in [2.24, 2.45) is 5.73 Å². The molecule has 2 rings (SSSR count). The lowest BCUT2D eigenvalue weighted by molar-refractivity contribution is 0.421. The van der Waals surface area contributed by atoms with E-state index >= 15 is 0 Å².